The molecule has 0 aromatic heterocycles. The first-order chi connectivity index (χ1) is 1.41. The van der Waals surface area contributed by atoms with Crippen molar-refractivity contribution < 1.29 is 9.46 Å². The molecular weight excluding hydrogens is 102 g/mol. The van der Waals surface area contributed by atoms with Crippen LogP contribution in [0.2, 0.25) is 0 Å². The van der Waals surface area contributed by atoms with E-state index in [1.165, 1.54) is 0 Å². The van der Waals surface area contributed by atoms with Gasteiger partial charge in [-0.2, -0.15) is 0 Å². The summed E-state index contributed by atoms with van der Waals surface area (Å²) in [5.74, 6) is 0. The molecule has 1 N–H and O–H groups in total. The van der Waals surface area contributed by atoms with Gasteiger partial charge < -0.3 is 4.89 Å². The summed E-state index contributed by atoms with van der Waals surface area (Å²) in [5.41, 5.74) is 0. The standard InChI is InChI=1S/K.HO2P/c;1-3-2/h;(H,1,2). The molecular formula is HKO2P. The topological polar surface area (TPSA) is 37.3 Å². The summed E-state index contributed by atoms with van der Waals surface area (Å²) in [6.07, 6.45) is 0. The molecule has 0 saturated heterocycles. The SMILES string of the molecule is O=PO.[K]. The number of hydrogen-bond donors (Lipinski definition) is 1. The molecule has 0 amide bonds. The van der Waals surface area contributed by atoms with Gasteiger partial charge >= 0.3 is 8.69 Å². The zero-order valence-electron chi connectivity index (χ0n) is 2.30. The van der Waals surface area contributed by atoms with E-state index in [4.69, 9.17) is 9.46 Å². The fourth-order valence-electron chi connectivity index (χ4n) is 0. The molecule has 0 fully saturated rings. The van der Waals surface area contributed by atoms with Crippen LogP contribution in [0.1, 0.15) is 0 Å². The summed E-state index contributed by atoms with van der Waals surface area (Å²) in [5, 5.41) is 0. The predicted molar refractivity (Wildman–Crippen MR) is 15.6 cm³/mol. The van der Waals surface area contributed by atoms with Crippen molar-refractivity contribution in [2.45, 2.75) is 0 Å². The zero-order valence-corrected chi connectivity index (χ0v) is 6.32. The van der Waals surface area contributed by atoms with Gasteiger partial charge in [0.15, 0.2) is 0 Å². The average Bonchev–Trinajstić information content (AvgIpc) is 0.918. The molecule has 0 saturated carbocycles. The first kappa shape index (κ1) is 9.20. The number of hydrogen-bond acceptors (Lipinski definition) is 1. The van der Waals surface area contributed by atoms with Crippen LogP contribution in [-0.4, -0.2) is 56.3 Å². The summed E-state index contributed by atoms with van der Waals surface area (Å²) < 4.78 is 8.46. The monoisotopic (exact) mass is 103 g/mol. The third-order valence-electron chi connectivity index (χ3n) is 0. The van der Waals surface area contributed by atoms with Gasteiger partial charge in [0.05, 0.1) is 0 Å². The van der Waals surface area contributed by atoms with E-state index in [0.29, 0.717) is 0 Å². The maximum absolute atomic E-state index is 8.46. The minimum absolute atomic E-state index is 0. The van der Waals surface area contributed by atoms with E-state index in [1.807, 2.05) is 0 Å². The van der Waals surface area contributed by atoms with Crippen LogP contribution in [0.3, 0.4) is 0 Å². The van der Waals surface area contributed by atoms with Gasteiger partial charge in [0, 0.05) is 51.4 Å². The molecule has 4 heavy (non-hydrogen) atoms. The molecule has 4 heteroatoms. The third kappa shape index (κ3) is 9.34. The Morgan fingerprint density at radius 2 is 1.75 bits per heavy atom. The Morgan fingerprint density at radius 1 is 1.75 bits per heavy atom. The van der Waals surface area contributed by atoms with E-state index in [-0.39, 0.29) is 51.4 Å². The maximum Gasteiger partial charge on any atom is 0.324 e. The Bertz CT molecular complexity index is 13.5. The van der Waals surface area contributed by atoms with E-state index in [1.54, 1.807) is 0 Å². The van der Waals surface area contributed by atoms with Gasteiger partial charge in [0.2, 0.25) is 0 Å². The zero-order chi connectivity index (χ0) is 2.71. The van der Waals surface area contributed by atoms with Gasteiger partial charge in [0.1, 0.15) is 0 Å². The van der Waals surface area contributed by atoms with Crippen LogP contribution in [0, 0.1) is 0 Å². The van der Waals surface area contributed by atoms with Gasteiger partial charge in [0.25, 0.3) is 0 Å². The average molecular weight is 103 g/mol. The second kappa shape index (κ2) is 8.83. The van der Waals surface area contributed by atoms with Gasteiger partial charge in [-0.05, 0) is 0 Å². The Balaban J connectivity index is 0. The fraction of sp³-hybridized carbons (Fsp3) is 0. The predicted octanol–water partition coefficient (Wildman–Crippen LogP) is -0.195. The molecule has 0 rings (SSSR count). The quantitative estimate of drug-likeness (QED) is 0.340. The fourth-order valence-corrected chi connectivity index (χ4v) is 0. The van der Waals surface area contributed by atoms with Crippen LogP contribution < -0.4 is 0 Å². The summed E-state index contributed by atoms with van der Waals surface area (Å²) in [4.78, 5) is 6.99. The Labute approximate surface area is 68.3 Å². The molecule has 0 atom stereocenters. The Hall–Kier alpha value is 1.70. The summed E-state index contributed by atoms with van der Waals surface area (Å²) >= 11 is 0. The van der Waals surface area contributed by atoms with Crippen LogP contribution in [0.25, 0.3) is 0 Å². The smallest absolute Gasteiger partial charge is 0.310 e. The third-order valence-corrected chi connectivity index (χ3v) is 0. The molecule has 0 bridgehead atoms. The molecule has 19 valence electrons. The van der Waals surface area contributed by atoms with Crippen molar-refractivity contribution in [3.05, 3.63) is 0 Å². The number of rotatable bonds is 0. The van der Waals surface area contributed by atoms with Crippen molar-refractivity contribution in [2.75, 3.05) is 0 Å². The second-order valence-corrected chi connectivity index (χ2v) is 0.245. The van der Waals surface area contributed by atoms with E-state index >= 15 is 0 Å². The van der Waals surface area contributed by atoms with E-state index in [2.05, 4.69) is 0 Å². The largest absolute Gasteiger partial charge is 0.324 e. The first-order valence-corrected chi connectivity index (χ1v) is 1.15. The van der Waals surface area contributed by atoms with Crippen molar-refractivity contribution in [1.82, 2.24) is 0 Å². The van der Waals surface area contributed by atoms with E-state index < -0.39 is 8.69 Å². The van der Waals surface area contributed by atoms with Crippen LogP contribution >= 0.6 is 8.69 Å². The Kier molecular flexibility index (Phi) is 20.3. The Morgan fingerprint density at radius 3 is 1.75 bits per heavy atom. The van der Waals surface area contributed by atoms with Crippen molar-refractivity contribution >= 4 is 60.1 Å². The molecule has 0 aliphatic heterocycles. The second-order valence-electron chi connectivity index (χ2n) is 0.0816. The van der Waals surface area contributed by atoms with E-state index in [9.17, 15) is 0 Å². The van der Waals surface area contributed by atoms with Gasteiger partial charge in [-0.3, -0.25) is 0 Å². The molecule has 2 nitrogen and oxygen atoms in total. The summed E-state index contributed by atoms with van der Waals surface area (Å²) in [6, 6.07) is 0. The molecule has 0 spiro atoms. The van der Waals surface area contributed by atoms with Crippen LogP contribution in [0.5, 0.6) is 0 Å². The van der Waals surface area contributed by atoms with Crippen LogP contribution in [0.15, 0.2) is 0 Å². The molecule has 0 heterocycles. The molecule has 0 unspecified atom stereocenters. The van der Waals surface area contributed by atoms with Gasteiger partial charge in [-0.1, -0.05) is 0 Å². The summed E-state index contributed by atoms with van der Waals surface area (Å²) in [7, 11) is -0.833. The maximum atomic E-state index is 8.46. The molecule has 0 aliphatic rings. The van der Waals surface area contributed by atoms with Crippen LogP contribution in [-0.2, 0) is 4.57 Å². The van der Waals surface area contributed by atoms with Crippen molar-refractivity contribution in [3.8, 4) is 0 Å². The molecule has 0 aromatic carbocycles. The van der Waals surface area contributed by atoms with Gasteiger partial charge in [-0.15, -0.1) is 0 Å². The first-order valence-electron chi connectivity index (χ1n) is 0.383. The molecule has 0 aliphatic carbocycles. The summed E-state index contributed by atoms with van der Waals surface area (Å²) in [6.45, 7) is 0. The van der Waals surface area contributed by atoms with Crippen molar-refractivity contribution in [2.24, 2.45) is 0 Å². The molecule has 1 radical (unpaired) electrons. The normalized spacial score (nSPS) is 5.25. The van der Waals surface area contributed by atoms with E-state index in [0.717, 1.165) is 0 Å². The molecule has 0 aromatic rings. The minimum atomic E-state index is -0.833. The van der Waals surface area contributed by atoms with Gasteiger partial charge in [-0.25, -0.2) is 4.57 Å². The van der Waals surface area contributed by atoms with Crippen molar-refractivity contribution in [1.29, 1.82) is 0 Å². The van der Waals surface area contributed by atoms with Crippen LogP contribution in [0.4, 0.5) is 0 Å². The minimum Gasteiger partial charge on any atom is -0.310 e. The van der Waals surface area contributed by atoms with Crippen molar-refractivity contribution in [3.63, 3.8) is 0 Å².